The lowest BCUT2D eigenvalue weighted by Gasteiger charge is -2.45. The van der Waals surface area contributed by atoms with Crippen molar-refractivity contribution < 1.29 is 87.0 Å². The van der Waals surface area contributed by atoms with Gasteiger partial charge < -0.3 is 63.1 Å². The highest BCUT2D eigenvalue weighted by atomic mass is 16.8. The Morgan fingerprint density at radius 2 is 1.46 bits per heavy atom. The average molecular weight is 687 g/mol. The van der Waals surface area contributed by atoms with Crippen molar-refractivity contribution in [3.05, 3.63) is 29.8 Å². The summed E-state index contributed by atoms with van der Waals surface area (Å²) >= 11 is 0. The molecule has 4 N–H and O–H groups in total. The van der Waals surface area contributed by atoms with Gasteiger partial charge in [0.25, 0.3) is 0 Å². The molecule has 1 aromatic carbocycles. The number of methoxy groups -OCH3 is 1. The molecule has 3 rings (SSSR count). The maximum Gasteiger partial charge on any atom is 0.330 e. The number of carbonyl (C=O) groups is 5. The zero-order chi connectivity index (χ0) is 35.8. The Morgan fingerprint density at radius 3 is 2.06 bits per heavy atom. The summed E-state index contributed by atoms with van der Waals surface area (Å²) in [4.78, 5) is 59.5. The van der Waals surface area contributed by atoms with Crippen LogP contribution in [-0.4, -0.2) is 132 Å². The van der Waals surface area contributed by atoms with Crippen LogP contribution in [0.4, 0.5) is 0 Å². The molecule has 266 valence electrons. The number of hydrogen-bond acceptors (Lipinski definition) is 18. The van der Waals surface area contributed by atoms with Crippen LogP contribution in [0.15, 0.2) is 24.3 Å². The van der Waals surface area contributed by atoms with Crippen LogP contribution < -0.4 is 4.74 Å². The lowest BCUT2D eigenvalue weighted by Crippen LogP contribution is -2.64. The third-order valence-electron chi connectivity index (χ3n) is 6.98. The van der Waals surface area contributed by atoms with E-state index in [0.29, 0.717) is 5.56 Å². The van der Waals surface area contributed by atoms with Gasteiger partial charge in [-0.2, -0.15) is 0 Å². The molecule has 0 bridgehead atoms. The summed E-state index contributed by atoms with van der Waals surface area (Å²) in [6.45, 7) is 2.01. The summed E-state index contributed by atoms with van der Waals surface area (Å²) in [5.41, 5.74) is 0.475. The van der Waals surface area contributed by atoms with Gasteiger partial charge in [0.2, 0.25) is 12.1 Å². The van der Waals surface area contributed by atoms with E-state index in [-0.39, 0.29) is 11.5 Å². The Labute approximate surface area is 273 Å². The molecule has 2 aliphatic rings. The number of aliphatic hydroxyl groups excluding tert-OH is 3. The normalized spacial score (nSPS) is 29.9. The van der Waals surface area contributed by atoms with Crippen LogP contribution in [0.3, 0.4) is 0 Å². The molecule has 18 nitrogen and oxygen atoms in total. The lowest BCUT2D eigenvalue weighted by molar-refractivity contribution is -0.384. The van der Waals surface area contributed by atoms with Gasteiger partial charge in [0.15, 0.2) is 23.7 Å². The molecule has 18 heteroatoms. The van der Waals surface area contributed by atoms with Crippen molar-refractivity contribution >= 4 is 35.9 Å². The van der Waals surface area contributed by atoms with E-state index in [9.17, 15) is 44.4 Å². The van der Waals surface area contributed by atoms with E-state index < -0.39 is 104 Å². The van der Waals surface area contributed by atoms with Crippen molar-refractivity contribution in [1.82, 2.24) is 0 Å². The summed E-state index contributed by atoms with van der Waals surface area (Å²) in [6, 6.07) is 4.31. The SMILES string of the molecule is COc1cc(/C=C/C(=O)OC[C@H]2O[C@@](COC(C)=O)(O[C@@H]3OC(COC(C)=O)[C@@H](OC(C)=O)C(O)C3OC(C)=O)C(O)C2O)ccc1O. The first-order chi connectivity index (χ1) is 22.6. The van der Waals surface area contributed by atoms with Gasteiger partial charge in [-0.05, 0) is 23.8 Å². The van der Waals surface area contributed by atoms with Crippen LogP contribution in [0.2, 0.25) is 0 Å². The third-order valence-corrected chi connectivity index (χ3v) is 6.98. The Balaban J connectivity index is 1.85. The van der Waals surface area contributed by atoms with Crippen LogP contribution in [0, 0.1) is 0 Å². The fourth-order valence-corrected chi connectivity index (χ4v) is 4.79. The maximum atomic E-state index is 12.5. The van der Waals surface area contributed by atoms with Crippen LogP contribution in [-0.2, 0) is 61.9 Å². The number of benzene rings is 1. The zero-order valence-corrected chi connectivity index (χ0v) is 26.6. The number of ether oxygens (including phenoxy) is 9. The number of aromatic hydroxyl groups is 1. The second-order valence-corrected chi connectivity index (χ2v) is 10.7. The van der Waals surface area contributed by atoms with Gasteiger partial charge in [0, 0.05) is 33.8 Å². The van der Waals surface area contributed by atoms with E-state index in [4.69, 9.17) is 42.6 Å². The van der Waals surface area contributed by atoms with Gasteiger partial charge in [0.1, 0.15) is 50.3 Å². The number of phenols is 1. The molecule has 2 aliphatic heterocycles. The highest BCUT2D eigenvalue weighted by Crippen LogP contribution is 2.38. The molecular formula is C30H38O18. The van der Waals surface area contributed by atoms with Crippen molar-refractivity contribution in [1.29, 1.82) is 0 Å². The van der Waals surface area contributed by atoms with Crippen molar-refractivity contribution in [2.75, 3.05) is 26.9 Å². The number of rotatable bonds is 13. The van der Waals surface area contributed by atoms with Crippen LogP contribution in [0.1, 0.15) is 33.3 Å². The molecule has 0 radical (unpaired) electrons. The van der Waals surface area contributed by atoms with Crippen LogP contribution in [0.25, 0.3) is 6.08 Å². The number of hydrogen-bond donors (Lipinski definition) is 4. The first kappa shape index (κ1) is 38.1. The van der Waals surface area contributed by atoms with E-state index in [1.54, 1.807) is 0 Å². The highest BCUT2D eigenvalue weighted by Gasteiger charge is 2.61. The van der Waals surface area contributed by atoms with Crippen molar-refractivity contribution in [2.24, 2.45) is 0 Å². The first-order valence-corrected chi connectivity index (χ1v) is 14.4. The Morgan fingerprint density at radius 1 is 0.833 bits per heavy atom. The van der Waals surface area contributed by atoms with E-state index >= 15 is 0 Å². The number of phenolic OH excluding ortho intramolecular Hbond substituents is 1. The summed E-state index contributed by atoms with van der Waals surface area (Å²) < 4.78 is 48.0. The molecule has 2 fully saturated rings. The minimum absolute atomic E-state index is 0.112. The van der Waals surface area contributed by atoms with Crippen LogP contribution >= 0.6 is 0 Å². The van der Waals surface area contributed by atoms with Gasteiger partial charge in [-0.1, -0.05) is 6.07 Å². The van der Waals surface area contributed by atoms with Gasteiger partial charge in [-0.25, -0.2) is 4.79 Å². The quantitative estimate of drug-likeness (QED) is 0.109. The monoisotopic (exact) mass is 686 g/mol. The van der Waals surface area contributed by atoms with Gasteiger partial charge in [-0.15, -0.1) is 0 Å². The van der Waals surface area contributed by atoms with Crippen molar-refractivity contribution in [2.45, 2.75) is 82.5 Å². The topological polar surface area (TPSA) is 249 Å². The predicted molar refractivity (Wildman–Crippen MR) is 154 cm³/mol. The summed E-state index contributed by atoms with van der Waals surface area (Å²) in [5.74, 6) is -6.76. The number of carbonyl (C=O) groups excluding carboxylic acids is 5. The van der Waals surface area contributed by atoms with Crippen molar-refractivity contribution in [3.63, 3.8) is 0 Å². The minimum Gasteiger partial charge on any atom is -0.504 e. The van der Waals surface area contributed by atoms with Gasteiger partial charge >= 0.3 is 29.8 Å². The van der Waals surface area contributed by atoms with Crippen LogP contribution in [0.5, 0.6) is 11.5 Å². The molecule has 0 aromatic heterocycles. The Kier molecular flexibility index (Phi) is 13.2. The summed E-state index contributed by atoms with van der Waals surface area (Å²) in [7, 11) is 1.35. The molecule has 5 unspecified atom stereocenters. The fraction of sp³-hybridized carbons (Fsp3) is 0.567. The summed E-state index contributed by atoms with van der Waals surface area (Å²) in [5, 5.41) is 42.8. The lowest BCUT2D eigenvalue weighted by atomic mass is 9.98. The third kappa shape index (κ3) is 9.85. The first-order valence-electron chi connectivity index (χ1n) is 14.4. The molecule has 2 saturated heterocycles. The number of aliphatic hydroxyl groups is 3. The fourth-order valence-electron chi connectivity index (χ4n) is 4.79. The smallest absolute Gasteiger partial charge is 0.330 e. The Bertz CT molecular complexity index is 1360. The average Bonchev–Trinajstić information content (AvgIpc) is 3.25. The molecule has 9 atom stereocenters. The minimum atomic E-state index is -2.48. The molecule has 1 aromatic rings. The highest BCUT2D eigenvalue weighted by molar-refractivity contribution is 5.87. The molecule has 0 spiro atoms. The molecule has 0 saturated carbocycles. The second kappa shape index (κ2) is 16.7. The van der Waals surface area contributed by atoms with E-state index in [0.717, 1.165) is 33.8 Å². The maximum absolute atomic E-state index is 12.5. The second-order valence-electron chi connectivity index (χ2n) is 10.7. The number of esters is 5. The van der Waals surface area contributed by atoms with Gasteiger partial charge in [-0.3, -0.25) is 19.2 Å². The molecule has 48 heavy (non-hydrogen) atoms. The predicted octanol–water partition coefficient (Wildman–Crippen LogP) is -1.13. The standard InChI is InChI=1S/C30H38O18/c1-14(31)41-12-22-26(44-16(3)33)25(38)27(45-17(4)34)29(46-22)48-30(13-43-15(2)32)28(39)24(37)21(47-30)11-42-23(36)9-7-18-6-8-19(35)20(10-18)40-5/h6-10,21-22,24-29,35,37-39H,11-13H2,1-5H3/b9-7+/t21-,22?,24?,25?,26-,27?,28?,29+,30+/m1/s1. The van der Waals surface area contributed by atoms with E-state index in [1.807, 2.05) is 0 Å². The summed E-state index contributed by atoms with van der Waals surface area (Å²) in [6.07, 6.45) is -11.4. The van der Waals surface area contributed by atoms with E-state index in [2.05, 4.69) is 0 Å². The van der Waals surface area contributed by atoms with Gasteiger partial charge in [0.05, 0.1) is 7.11 Å². The molecule has 2 heterocycles. The zero-order valence-electron chi connectivity index (χ0n) is 26.6. The Hall–Kier alpha value is -4.33. The largest absolute Gasteiger partial charge is 0.504 e. The molecule has 0 aliphatic carbocycles. The van der Waals surface area contributed by atoms with E-state index in [1.165, 1.54) is 31.4 Å². The molecular weight excluding hydrogens is 648 g/mol. The molecule has 0 amide bonds. The van der Waals surface area contributed by atoms with Crippen molar-refractivity contribution in [3.8, 4) is 11.5 Å².